The number of nitrogens with two attached hydrogens (primary N) is 1. The van der Waals surface area contributed by atoms with Crippen molar-refractivity contribution >= 4 is 45.7 Å². The zero-order chi connectivity index (χ0) is 14.8. The van der Waals surface area contributed by atoms with E-state index < -0.39 is 5.54 Å². The Morgan fingerprint density at radius 1 is 1.60 bits per heavy atom. The second-order valence-corrected chi connectivity index (χ2v) is 8.15. The molecule has 110 valence electrons. The Morgan fingerprint density at radius 3 is 2.75 bits per heavy atom. The predicted octanol–water partition coefficient (Wildman–Crippen LogP) is 2.78. The van der Waals surface area contributed by atoms with Gasteiger partial charge in [-0.1, -0.05) is 12.1 Å². The zero-order valence-electron chi connectivity index (χ0n) is 11.2. The lowest BCUT2D eigenvalue weighted by atomic mass is 9.76. The summed E-state index contributed by atoms with van der Waals surface area (Å²) >= 11 is 3.71. The van der Waals surface area contributed by atoms with Crippen LogP contribution in [0.2, 0.25) is 0 Å². The third-order valence-electron chi connectivity index (χ3n) is 3.91. The van der Waals surface area contributed by atoms with E-state index in [1.165, 1.54) is 11.3 Å². The van der Waals surface area contributed by atoms with Gasteiger partial charge in [-0.15, -0.1) is 11.3 Å². The Bertz CT molecular complexity index is 521. The molecule has 0 bridgehead atoms. The van der Waals surface area contributed by atoms with Crippen LogP contribution in [-0.2, 0) is 0 Å². The number of hydrogen-bond donors (Lipinski definition) is 3. The molecular weight excluding hydrogens is 389 g/mol. The Hall–Kier alpha value is -0.830. The molecule has 5 nitrogen and oxygen atoms in total. The number of amides is 1. The zero-order valence-corrected chi connectivity index (χ0v) is 14.2. The first-order valence-electron chi connectivity index (χ1n) is 6.51. The molecule has 1 amide bonds. The highest BCUT2D eigenvalue weighted by Crippen LogP contribution is 2.32. The lowest BCUT2D eigenvalue weighted by molar-refractivity contribution is 0.0898. The van der Waals surface area contributed by atoms with Crippen molar-refractivity contribution in [2.45, 2.75) is 38.1 Å². The van der Waals surface area contributed by atoms with E-state index in [0.717, 1.165) is 15.7 Å². The van der Waals surface area contributed by atoms with Crippen molar-refractivity contribution in [2.24, 2.45) is 16.8 Å². The first kappa shape index (κ1) is 15.6. The molecule has 0 radical (unpaired) electrons. The molecule has 0 unspecified atom stereocenters. The number of carbonyl (C=O) groups is 1. The maximum Gasteiger partial charge on any atom is 0.252 e. The van der Waals surface area contributed by atoms with Crippen molar-refractivity contribution < 1.29 is 10.0 Å². The Morgan fingerprint density at radius 2 is 2.25 bits per heavy atom. The Labute approximate surface area is 135 Å². The van der Waals surface area contributed by atoms with E-state index in [-0.39, 0.29) is 11.7 Å². The van der Waals surface area contributed by atoms with Gasteiger partial charge in [0.15, 0.2) is 5.84 Å². The predicted molar refractivity (Wildman–Crippen MR) is 88.3 cm³/mol. The summed E-state index contributed by atoms with van der Waals surface area (Å²) in [6, 6.07) is 1.84. The van der Waals surface area contributed by atoms with Crippen LogP contribution < -0.4 is 11.1 Å². The summed E-state index contributed by atoms with van der Waals surface area (Å²) in [5, 5.41) is 17.0. The third-order valence-corrected chi connectivity index (χ3v) is 5.70. The largest absolute Gasteiger partial charge is 0.409 e. The quantitative estimate of drug-likeness (QED) is 0.237. The summed E-state index contributed by atoms with van der Waals surface area (Å²) in [6.45, 7) is 2.18. The molecule has 2 rings (SSSR count). The molecule has 0 aliphatic heterocycles. The molecule has 1 aromatic rings. The van der Waals surface area contributed by atoms with Crippen molar-refractivity contribution in [3.05, 3.63) is 19.9 Å². The van der Waals surface area contributed by atoms with Crippen LogP contribution in [0, 0.1) is 8.80 Å². The normalized spacial score (nSPS) is 27.3. The highest BCUT2D eigenvalue weighted by atomic mass is 127. The minimum absolute atomic E-state index is 0.0997. The van der Waals surface area contributed by atoms with Crippen molar-refractivity contribution in [3.8, 4) is 0 Å². The first-order chi connectivity index (χ1) is 9.47. The number of halogens is 1. The van der Waals surface area contributed by atoms with Gasteiger partial charge in [0.25, 0.3) is 5.91 Å². The first-order valence-corrected chi connectivity index (χ1v) is 8.47. The van der Waals surface area contributed by atoms with Gasteiger partial charge in [-0.05, 0) is 60.3 Å². The van der Waals surface area contributed by atoms with Gasteiger partial charge in [0, 0.05) is 5.38 Å². The standard InChI is InChI=1S/C13H18IN3O2S/c1-8-2-4-13(5-3-8,12(15)17-19)16-11(18)9-6-10(14)20-7-9/h6-8,19H,2-5H2,1H3,(H2,15,17)(H,16,18). The van der Waals surface area contributed by atoms with E-state index in [0.29, 0.717) is 24.3 Å². The minimum Gasteiger partial charge on any atom is -0.409 e. The number of hydrogen-bond acceptors (Lipinski definition) is 4. The SMILES string of the molecule is CC1CCC(NC(=O)c2csc(I)c2)(C(N)=NO)CC1. The Kier molecular flexibility index (Phi) is 4.90. The van der Waals surface area contributed by atoms with Crippen LogP contribution in [0.3, 0.4) is 0 Å². The Balaban J connectivity index is 2.18. The van der Waals surface area contributed by atoms with Gasteiger partial charge >= 0.3 is 0 Å². The molecule has 0 spiro atoms. The van der Waals surface area contributed by atoms with Crippen molar-refractivity contribution in [1.82, 2.24) is 5.32 Å². The topological polar surface area (TPSA) is 87.7 Å². The second-order valence-electron chi connectivity index (χ2n) is 5.34. The van der Waals surface area contributed by atoms with E-state index in [2.05, 4.69) is 40.0 Å². The number of oxime groups is 1. The number of nitrogens with zero attached hydrogens (tertiary/aromatic N) is 1. The van der Waals surface area contributed by atoms with Crippen molar-refractivity contribution in [3.63, 3.8) is 0 Å². The molecule has 1 aromatic heterocycles. The molecule has 20 heavy (non-hydrogen) atoms. The van der Waals surface area contributed by atoms with E-state index in [1.54, 1.807) is 0 Å². The van der Waals surface area contributed by atoms with E-state index >= 15 is 0 Å². The summed E-state index contributed by atoms with van der Waals surface area (Å²) in [6.07, 6.45) is 3.32. The van der Waals surface area contributed by atoms with Crippen LogP contribution in [-0.4, -0.2) is 22.5 Å². The summed E-state index contributed by atoms with van der Waals surface area (Å²) in [5.74, 6) is 0.543. The van der Waals surface area contributed by atoms with Gasteiger partial charge in [-0.3, -0.25) is 4.79 Å². The summed E-state index contributed by atoms with van der Waals surface area (Å²) < 4.78 is 1.06. The van der Waals surface area contributed by atoms with Gasteiger partial charge in [0.05, 0.1) is 8.45 Å². The van der Waals surface area contributed by atoms with E-state index in [4.69, 9.17) is 10.9 Å². The van der Waals surface area contributed by atoms with E-state index in [9.17, 15) is 4.79 Å². The van der Waals surface area contributed by atoms with Crippen LogP contribution in [0.5, 0.6) is 0 Å². The fraction of sp³-hybridized carbons (Fsp3) is 0.538. The number of rotatable bonds is 3. The molecule has 0 saturated heterocycles. The maximum atomic E-state index is 12.3. The molecule has 0 aromatic carbocycles. The monoisotopic (exact) mass is 407 g/mol. The van der Waals surface area contributed by atoms with Gasteiger partial charge < -0.3 is 16.3 Å². The maximum absolute atomic E-state index is 12.3. The second kappa shape index (κ2) is 6.30. The lowest BCUT2D eigenvalue weighted by Crippen LogP contribution is -2.59. The molecule has 1 fully saturated rings. The van der Waals surface area contributed by atoms with Crippen molar-refractivity contribution in [1.29, 1.82) is 0 Å². The number of thiophene rings is 1. The smallest absolute Gasteiger partial charge is 0.252 e. The highest BCUT2D eigenvalue weighted by Gasteiger charge is 2.40. The summed E-state index contributed by atoms with van der Waals surface area (Å²) in [7, 11) is 0. The van der Waals surface area contributed by atoms with Gasteiger partial charge in [-0.2, -0.15) is 0 Å². The van der Waals surface area contributed by atoms with Gasteiger partial charge in [-0.25, -0.2) is 0 Å². The third kappa shape index (κ3) is 3.25. The van der Waals surface area contributed by atoms with Gasteiger partial charge in [0.2, 0.25) is 0 Å². The average Bonchev–Trinajstić information content (AvgIpc) is 2.87. The molecule has 1 aliphatic carbocycles. The van der Waals surface area contributed by atoms with Crippen LogP contribution in [0.25, 0.3) is 0 Å². The average molecular weight is 407 g/mol. The minimum atomic E-state index is -0.717. The van der Waals surface area contributed by atoms with Crippen LogP contribution in [0.1, 0.15) is 43.0 Å². The summed E-state index contributed by atoms with van der Waals surface area (Å²) in [5.41, 5.74) is 5.76. The molecule has 7 heteroatoms. The van der Waals surface area contributed by atoms with Crippen LogP contribution in [0.4, 0.5) is 0 Å². The van der Waals surface area contributed by atoms with Crippen LogP contribution in [0.15, 0.2) is 16.6 Å². The number of nitrogens with one attached hydrogen (secondary N) is 1. The number of carbonyl (C=O) groups excluding carboxylic acids is 1. The fourth-order valence-electron chi connectivity index (χ4n) is 2.51. The molecule has 1 heterocycles. The lowest BCUT2D eigenvalue weighted by Gasteiger charge is -2.38. The molecular formula is C13H18IN3O2S. The molecule has 1 aliphatic rings. The number of amidine groups is 1. The van der Waals surface area contributed by atoms with Gasteiger partial charge in [0.1, 0.15) is 5.54 Å². The summed E-state index contributed by atoms with van der Waals surface area (Å²) in [4.78, 5) is 12.3. The highest BCUT2D eigenvalue weighted by molar-refractivity contribution is 14.1. The van der Waals surface area contributed by atoms with Crippen molar-refractivity contribution in [2.75, 3.05) is 0 Å². The molecule has 4 N–H and O–H groups in total. The molecule has 1 saturated carbocycles. The fourth-order valence-corrected chi connectivity index (χ4v) is 3.84. The molecule has 0 atom stereocenters. The van der Waals surface area contributed by atoms with Crippen LogP contribution >= 0.6 is 33.9 Å². The van der Waals surface area contributed by atoms with E-state index in [1.807, 2.05) is 11.4 Å².